The van der Waals surface area contributed by atoms with Crippen molar-refractivity contribution in [2.45, 2.75) is 70.6 Å². The number of carbonyl (C=O) groups is 2. The number of fused-ring (bicyclic) bond motifs is 5. The predicted molar refractivity (Wildman–Crippen MR) is 97.3 cm³/mol. The van der Waals surface area contributed by atoms with E-state index < -0.39 is 0 Å². The fraction of sp³-hybridized carbons (Fsp3) is 0.810. The van der Waals surface area contributed by atoms with Crippen molar-refractivity contribution in [3.05, 3.63) is 11.6 Å². The first-order chi connectivity index (χ1) is 11.9. The van der Waals surface area contributed by atoms with Crippen LogP contribution in [-0.2, 0) is 14.3 Å². The number of halogens is 1. The van der Waals surface area contributed by atoms with Gasteiger partial charge < -0.3 is 4.74 Å². The molecule has 0 bridgehead atoms. The fourth-order valence-electron chi connectivity index (χ4n) is 6.68. The van der Waals surface area contributed by atoms with Crippen LogP contribution in [0, 0.1) is 28.6 Å². The Kier molecular flexibility index (Phi) is 4.30. The molecule has 0 aromatic carbocycles. The highest BCUT2D eigenvalue weighted by Gasteiger charge is 2.60. The summed E-state index contributed by atoms with van der Waals surface area (Å²) in [4.78, 5) is 24.1. The van der Waals surface area contributed by atoms with Gasteiger partial charge in [-0.1, -0.05) is 18.6 Å². The Morgan fingerprint density at radius 3 is 2.84 bits per heavy atom. The zero-order valence-corrected chi connectivity index (χ0v) is 16.1. The minimum absolute atomic E-state index is 0.0348. The van der Waals surface area contributed by atoms with Crippen LogP contribution in [0.15, 0.2) is 11.6 Å². The van der Waals surface area contributed by atoms with Crippen LogP contribution >= 0.6 is 11.6 Å². The molecule has 3 fully saturated rings. The molecule has 4 heteroatoms. The third-order valence-corrected chi connectivity index (χ3v) is 8.38. The van der Waals surface area contributed by atoms with Crippen molar-refractivity contribution in [3.63, 3.8) is 0 Å². The van der Waals surface area contributed by atoms with Gasteiger partial charge in [0.05, 0.1) is 0 Å². The Labute approximate surface area is 155 Å². The molecule has 0 radical (unpaired) electrons. The molecule has 138 valence electrons. The Bertz CT molecular complexity index is 627. The highest BCUT2D eigenvalue weighted by Crippen LogP contribution is 2.64. The van der Waals surface area contributed by atoms with Crippen LogP contribution in [0.25, 0.3) is 0 Å². The number of alkyl halides is 1. The van der Waals surface area contributed by atoms with Gasteiger partial charge in [-0.15, -0.1) is 11.6 Å². The average Bonchev–Trinajstić information content (AvgIpc) is 2.88. The van der Waals surface area contributed by atoms with E-state index in [0.717, 1.165) is 51.4 Å². The minimum Gasteiger partial charge on any atom is -0.465 e. The highest BCUT2D eigenvalue weighted by atomic mass is 35.5. The summed E-state index contributed by atoms with van der Waals surface area (Å²) in [7, 11) is 0. The van der Waals surface area contributed by atoms with Gasteiger partial charge in [-0.3, -0.25) is 9.59 Å². The maximum absolute atomic E-state index is 12.5. The molecular formula is C21H29ClO3. The van der Waals surface area contributed by atoms with Crippen LogP contribution in [0.2, 0.25) is 0 Å². The molecule has 25 heavy (non-hydrogen) atoms. The normalized spacial score (nSPS) is 45.9. The van der Waals surface area contributed by atoms with Gasteiger partial charge in [0.1, 0.15) is 12.4 Å². The summed E-state index contributed by atoms with van der Waals surface area (Å²) in [6, 6.07) is 0. The summed E-state index contributed by atoms with van der Waals surface area (Å²) in [5.74, 6) is 1.86. The number of Topliss-reactive ketones (excluding diaryl/α,β-unsaturated/α-hetero) is 1. The molecule has 6 atom stereocenters. The van der Waals surface area contributed by atoms with Crippen LogP contribution in [0.4, 0.5) is 0 Å². The van der Waals surface area contributed by atoms with Crippen LogP contribution in [0.1, 0.15) is 65.2 Å². The number of ether oxygens (including phenoxy) is 1. The zero-order valence-electron chi connectivity index (χ0n) is 15.4. The zero-order chi connectivity index (χ0) is 17.8. The molecule has 0 saturated heterocycles. The Morgan fingerprint density at radius 1 is 1.28 bits per heavy atom. The van der Waals surface area contributed by atoms with E-state index in [1.54, 1.807) is 0 Å². The van der Waals surface area contributed by atoms with Gasteiger partial charge in [0.2, 0.25) is 0 Å². The first kappa shape index (κ1) is 17.6. The second-order valence-corrected chi connectivity index (χ2v) is 9.65. The van der Waals surface area contributed by atoms with Crippen molar-refractivity contribution in [1.82, 2.24) is 0 Å². The Morgan fingerprint density at radius 2 is 2.08 bits per heavy atom. The van der Waals surface area contributed by atoms with E-state index in [2.05, 4.69) is 13.0 Å². The SMILES string of the molecule is CC(=O)OC[C@]12CCC(Cl)CC1=CC[C@@H]1[C@H]2CC[C@]2(C)C(=O)CC[C@@H]12. The molecule has 3 nitrogen and oxygen atoms in total. The van der Waals surface area contributed by atoms with E-state index in [1.165, 1.54) is 12.5 Å². The molecule has 4 aliphatic carbocycles. The molecule has 3 saturated carbocycles. The van der Waals surface area contributed by atoms with Gasteiger partial charge in [-0.05, 0) is 62.7 Å². The van der Waals surface area contributed by atoms with E-state index in [1.807, 2.05) is 0 Å². The maximum Gasteiger partial charge on any atom is 0.302 e. The van der Waals surface area contributed by atoms with Crippen molar-refractivity contribution >= 4 is 23.4 Å². The van der Waals surface area contributed by atoms with Crippen molar-refractivity contribution < 1.29 is 14.3 Å². The number of allylic oxidation sites excluding steroid dienone is 1. The molecule has 0 aromatic rings. The maximum atomic E-state index is 12.5. The van der Waals surface area contributed by atoms with Crippen LogP contribution in [0.3, 0.4) is 0 Å². The number of rotatable bonds is 2. The second-order valence-electron chi connectivity index (χ2n) is 9.04. The van der Waals surface area contributed by atoms with Crippen molar-refractivity contribution in [2.75, 3.05) is 6.61 Å². The highest BCUT2D eigenvalue weighted by molar-refractivity contribution is 6.20. The summed E-state index contributed by atoms with van der Waals surface area (Å²) < 4.78 is 5.59. The summed E-state index contributed by atoms with van der Waals surface area (Å²) >= 11 is 6.47. The number of carbonyl (C=O) groups excluding carboxylic acids is 2. The average molecular weight is 365 g/mol. The smallest absolute Gasteiger partial charge is 0.302 e. The third-order valence-electron chi connectivity index (χ3n) is 8.01. The Balaban J connectivity index is 1.69. The van der Waals surface area contributed by atoms with Crippen LogP contribution < -0.4 is 0 Å². The number of esters is 1. The molecule has 0 aromatic heterocycles. The summed E-state index contributed by atoms with van der Waals surface area (Å²) in [6.07, 6.45) is 10.3. The number of hydrogen-bond donors (Lipinski definition) is 0. The van der Waals surface area contributed by atoms with Gasteiger partial charge in [-0.25, -0.2) is 0 Å². The lowest BCUT2D eigenvalue weighted by atomic mass is 9.48. The van der Waals surface area contributed by atoms with Crippen LogP contribution in [0.5, 0.6) is 0 Å². The van der Waals surface area contributed by atoms with Gasteiger partial charge >= 0.3 is 5.97 Å². The van der Waals surface area contributed by atoms with E-state index in [0.29, 0.717) is 30.1 Å². The van der Waals surface area contributed by atoms with E-state index in [-0.39, 0.29) is 22.2 Å². The predicted octanol–water partition coefficient (Wildman–Crippen LogP) is 4.67. The van der Waals surface area contributed by atoms with Crippen LogP contribution in [-0.4, -0.2) is 23.7 Å². The topological polar surface area (TPSA) is 43.4 Å². The lowest BCUT2D eigenvalue weighted by molar-refractivity contribution is -0.149. The first-order valence-corrected chi connectivity index (χ1v) is 10.3. The summed E-state index contributed by atoms with van der Waals surface area (Å²) in [5.41, 5.74) is 1.28. The lowest BCUT2D eigenvalue weighted by Crippen LogP contribution is -2.53. The Hall–Kier alpha value is -0.830. The molecule has 4 aliphatic rings. The summed E-state index contributed by atoms with van der Waals surface area (Å²) in [5, 5.41) is 0.204. The van der Waals surface area contributed by atoms with Gasteiger partial charge in [0.15, 0.2) is 0 Å². The van der Waals surface area contributed by atoms with Gasteiger partial charge in [0, 0.05) is 29.6 Å². The molecule has 4 rings (SSSR count). The number of hydrogen-bond acceptors (Lipinski definition) is 3. The molecule has 0 heterocycles. The standard InChI is InChI=1S/C21H29ClO3/c1-13(23)25-12-21-10-7-15(22)11-14(21)3-4-16-17-5-6-19(24)20(17,2)9-8-18(16)21/h3,15-18H,4-12H2,1-2H3/t15?,16-,17-,18+,20-,21+/m0/s1. The van der Waals surface area contributed by atoms with Crippen molar-refractivity contribution in [1.29, 1.82) is 0 Å². The molecule has 1 unspecified atom stereocenters. The minimum atomic E-state index is -0.194. The largest absolute Gasteiger partial charge is 0.465 e. The summed E-state index contributed by atoms with van der Waals surface area (Å²) in [6.45, 7) is 4.20. The second kappa shape index (κ2) is 6.11. The van der Waals surface area contributed by atoms with Gasteiger partial charge in [-0.2, -0.15) is 0 Å². The van der Waals surface area contributed by atoms with E-state index >= 15 is 0 Å². The van der Waals surface area contributed by atoms with Crippen molar-refractivity contribution in [2.24, 2.45) is 28.6 Å². The molecular weight excluding hydrogens is 336 g/mol. The third kappa shape index (κ3) is 2.60. The number of ketones is 1. The van der Waals surface area contributed by atoms with Gasteiger partial charge in [0.25, 0.3) is 0 Å². The molecule has 0 amide bonds. The monoisotopic (exact) mass is 364 g/mol. The van der Waals surface area contributed by atoms with E-state index in [4.69, 9.17) is 16.3 Å². The van der Waals surface area contributed by atoms with Crippen molar-refractivity contribution in [3.8, 4) is 0 Å². The fourth-order valence-corrected chi connectivity index (χ4v) is 6.96. The quantitative estimate of drug-likeness (QED) is 0.406. The first-order valence-electron chi connectivity index (χ1n) is 9.87. The lowest BCUT2D eigenvalue weighted by Gasteiger charge is -2.57. The molecule has 0 spiro atoms. The van der Waals surface area contributed by atoms with E-state index in [9.17, 15) is 9.59 Å². The molecule has 0 N–H and O–H groups in total. The molecule has 0 aliphatic heterocycles.